The van der Waals surface area contributed by atoms with E-state index in [2.05, 4.69) is 13.8 Å². The van der Waals surface area contributed by atoms with Crippen molar-refractivity contribution in [2.24, 2.45) is 5.92 Å². The summed E-state index contributed by atoms with van der Waals surface area (Å²) in [6.45, 7) is 5.58. The van der Waals surface area contributed by atoms with Gasteiger partial charge in [0.2, 0.25) is 0 Å². The molecule has 1 fully saturated rings. The van der Waals surface area contributed by atoms with Crippen molar-refractivity contribution in [3.05, 3.63) is 0 Å². The smallest absolute Gasteiger partial charge is 0.0576 e. The molecule has 0 saturated carbocycles. The van der Waals surface area contributed by atoms with Crippen molar-refractivity contribution in [2.75, 3.05) is 6.61 Å². The Kier molecular flexibility index (Phi) is 3.92. The number of hydrogen-bond acceptors (Lipinski definition) is 1. The quantitative estimate of drug-likeness (QED) is 0.608. The molecule has 1 unspecified atom stereocenters. The van der Waals surface area contributed by atoms with E-state index in [1.54, 1.807) is 0 Å². The van der Waals surface area contributed by atoms with Crippen molar-refractivity contribution in [3.63, 3.8) is 0 Å². The minimum Gasteiger partial charge on any atom is -0.378 e. The van der Waals surface area contributed by atoms with Gasteiger partial charge in [0.25, 0.3) is 0 Å². The van der Waals surface area contributed by atoms with Gasteiger partial charge in [0, 0.05) is 6.61 Å². The highest BCUT2D eigenvalue weighted by Crippen LogP contribution is 2.18. The molecule has 0 radical (unpaired) electrons. The Morgan fingerprint density at radius 2 is 2.27 bits per heavy atom. The fourth-order valence-corrected chi connectivity index (χ4v) is 1.63. The van der Waals surface area contributed by atoms with Gasteiger partial charge in [-0.15, -0.1) is 0 Å². The summed E-state index contributed by atoms with van der Waals surface area (Å²) in [6.07, 6.45) is 7.19. The Bertz CT molecular complexity index is 93.0. The lowest BCUT2D eigenvalue weighted by atomic mass is 10.0. The van der Waals surface area contributed by atoms with Gasteiger partial charge in [-0.2, -0.15) is 0 Å². The van der Waals surface area contributed by atoms with Gasteiger partial charge in [-0.3, -0.25) is 0 Å². The van der Waals surface area contributed by atoms with Crippen molar-refractivity contribution in [2.45, 2.75) is 52.1 Å². The molecule has 1 rings (SSSR count). The van der Waals surface area contributed by atoms with Crippen molar-refractivity contribution in [1.29, 1.82) is 0 Å². The van der Waals surface area contributed by atoms with E-state index < -0.39 is 0 Å². The van der Waals surface area contributed by atoms with Crippen molar-refractivity contribution >= 4 is 0 Å². The zero-order chi connectivity index (χ0) is 8.10. The molecular weight excluding hydrogens is 136 g/mol. The minimum absolute atomic E-state index is 0.605. The van der Waals surface area contributed by atoms with Crippen LogP contribution in [0.1, 0.15) is 46.0 Å². The lowest BCUT2D eigenvalue weighted by molar-refractivity contribution is 0.101. The van der Waals surface area contributed by atoms with Crippen LogP contribution >= 0.6 is 0 Å². The van der Waals surface area contributed by atoms with E-state index in [1.807, 2.05) is 0 Å². The summed E-state index contributed by atoms with van der Waals surface area (Å²) in [7, 11) is 0. The first-order valence-corrected chi connectivity index (χ1v) is 4.90. The van der Waals surface area contributed by atoms with Crippen LogP contribution in [0.15, 0.2) is 0 Å². The lowest BCUT2D eigenvalue weighted by Gasteiger charge is -2.09. The molecule has 0 aromatic carbocycles. The van der Waals surface area contributed by atoms with Crippen molar-refractivity contribution in [1.82, 2.24) is 0 Å². The fraction of sp³-hybridized carbons (Fsp3) is 1.00. The predicted molar refractivity (Wildman–Crippen MR) is 47.7 cm³/mol. The molecule has 1 heterocycles. The topological polar surface area (TPSA) is 9.23 Å². The lowest BCUT2D eigenvalue weighted by Crippen LogP contribution is -2.04. The third-order valence-electron chi connectivity index (χ3n) is 2.33. The van der Waals surface area contributed by atoms with Gasteiger partial charge >= 0.3 is 0 Å². The van der Waals surface area contributed by atoms with Gasteiger partial charge in [0.1, 0.15) is 0 Å². The Morgan fingerprint density at radius 3 is 2.82 bits per heavy atom. The minimum atomic E-state index is 0.605. The van der Waals surface area contributed by atoms with Crippen molar-refractivity contribution < 1.29 is 4.74 Å². The van der Waals surface area contributed by atoms with Crippen LogP contribution in [-0.2, 0) is 4.74 Å². The van der Waals surface area contributed by atoms with E-state index in [1.165, 1.54) is 32.1 Å². The second-order valence-electron chi connectivity index (χ2n) is 3.96. The number of hydrogen-bond donors (Lipinski definition) is 0. The van der Waals surface area contributed by atoms with Crippen molar-refractivity contribution in [3.8, 4) is 0 Å². The molecule has 1 heteroatoms. The highest BCUT2D eigenvalue weighted by Gasteiger charge is 2.14. The second-order valence-corrected chi connectivity index (χ2v) is 3.96. The first-order chi connectivity index (χ1) is 5.29. The zero-order valence-electron chi connectivity index (χ0n) is 7.81. The molecule has 1 aliphatic heterocycles. The van der Waals surface area contributed by atoms with Crippen LogP contribution in [0.2, 0.25) is 0 Å². The maximum absolute atomic E-state index is 5.53. The van der Waals surface area contributed by atoms with Gasteiger partial charge < -0.3 is 4.74 Å². The van der Waals surface area contributed by atoms with Crippen LogP contribution in [0.5, 0.6) is 0 Å². The summed E-state index contributed by atoms with van der Waals surface area (Å²) in [4.78, 5) is 0. The van der Waals surface area contributed by atoms with E-state index in [0.717, 1.165) is 12.5 Å². The van der Waals surface area contributed by atoms with E-state index in [0.29, 0.717) is 6.10 Å². The molecule has 0 aliphatic carbocycles. The third kappa shape index (κ3) is 3.76. The molecule has 1 saturated heterocycles. The Morgan fingerprint density at radius 1 is 1.45 bits per heavy atom. The molecule has 0 aromatic heterocycles. The van der Waals surface area contributed by atoms with Crippen LogP contribution in [0.3, 0.4) is 0 Å². The molecule has 1 nitrogen and oxygen atoms in total. The Labute approximate surface area is 70.1 Å². The molecule has 0 amide bonds. The first kappa shape index (κ1) is 9.05. The van der Waals surface area contributed by atoms with E-state index in [9.17, 15) is 0 Å². The number of rotatable bonds is 4. The van der Waals surface area contributed by atoms with E-state index >= 15 is 0 Å². The van der Waals surface area contributed by atoms with Crippen LogP contribution in [0.25, 0.3) is 0 Å². The summed E-state index contributed by atoms with van der Waals surface area (Å²) >= 11 is 0. The molecule has 0 N–H and O–H groups in total. The fourth-order valence-electron chi connectivity index (χ4n) is 1.63. The Balaban J connectivity index is 1.94. The van der Waals surface area contributed by atoms with Gasteiger partial charge in [-0.05, 0) is 25.2 Å². The molecule has 0 bridgehead atoms. The molecule has 1 aliphatic rings. The van der Waals surface area contributed by atoms with Gasteiger partial charge in [-0.1, -0.05) is 26.7 Å². The molecule has 0 spiro atoms. The molecule has 0 aromatic rings. The van der Waals surface area contributed by atoms with Gasteiger partial charge in [0.15, 0.2) is 0 Å². The predicted octanol–water partition coefficient (Wildman–Crippen LogP) is 2.99. The zero-order valence-corrected chi connectivity index (χ0v) is 7.81. The normalized spacial score (nSPS) is 24.8. The average molecular weight is 156 g/mol. The van der Waals surface area contributed by atoms with E-state index in [-0.39, 0.29) is 0 Å². The van der Waals surface area contributed by atoms with Crippen LogP contribution in [0, 0.1) is 5.92 Å². The molecule has 1 atom stereocenters. The summed E-state index contributed by atoms with van der Waals surface area (Å²) < 4.78 is 5.53. The van der Waals surface area contributed by atoms with Gasteiger partial charge in [-0.25, -0.2) is 0 Å². The monoisotopic (exact) mass is 156 g/mol. The molecular formula is C10H20O. The maximum Gasteiger partial charge on any atom is 0.0576 e. The largest absolute Gasteiger partial charge is 0.378 e. The highest BCUT2D eigenvalue weighted by molar-refractivity contribution is 4.64. The van der Waals surface area contributed by atoms with Gasteiger partial charge in [0.05, 0.1) is 6.10 Å². The van der Waals surface area contributed by atoms with E-state index in [4.69, 9.17) is 4.74 Å². The Hall–Kier alpha value is -0.0400. The molecule has 66 valence electrons. The summed E-state index contributed by atoms with van der Waals surface area (Å²) in [6, 6.07) is 0. The average Bonchev–Trinajstić information content (AvgIpc) is 2.39. The standard InChI is InChI=1S/C10H20O/c1-9(2)5-3-6-10-7-4-8-11-10/h9-10H,3-8H2,1-2H3. The summed E-state index contributed by atoms with van der Waals surface area (Å²) in [5.74, 6) is 0.858. The number of ether oxygens (including phenoxy) is 1. The summed E-state index contributed by atoms with van der Waals surface area (Å²) in [5, 5.41) is 0. The van der Waals surface area contributed by atoms with Crippen LogP contribution in [0.4, 0.5) is 0 Å². The highest BCUT2D eigenvalue weighted by atomic mass is 16.5. The second kappa shape index (κ2) is 4.76. The van der Waals surface area contributed by atoms with Crippen LogP contribution < -0.4 is 0 Å². The SMILES string of the molecule is CC(C)CCCC1CCCO1. The first-order valence-electron chi connectivity index (χ1n) is 4.90. The van der Waals surface area contributed by atoms with Crippen LogP contribution in [-0.4, -0.2) is 12.7 Å². The maximum atomic E-state index is 5.53. The third-order valence-corrected chi connectivity index (χ3v) is 2.33. The molecule has 11 heavy (non-hydrogen) atoms. The summed E-state index contributed by atoms with van der Waals surface area (Å²) in [5.41, 5.74) is 0.